The second-order valence-corrected chi connectivity index (χ2v) is 8.38. The summed E-state index contributed by atoms with van der Waals surface area (Å²) in [6.07, 6.45) is 3.91. The summed E-state index contributed by atoms with van der Waals surface area (Å²) in [5.41, 5.74) is 4.15. The van der Waals surface area contributed by atoms with Crippen molar-refractivity contribution in [1.29, 1.82) is 0 Å². The lowest BCUT2D eigenvalue weighted by Crippen LogP contribution is -2.42. The number of ether oxygens (including phenoxy) is 1. The van der Waals surface area contributed by atoms with E-state index in [1.165, 1.54) is 5.57 Å². The van der Waals surface area contributed by atoms with Crippen molar-refractivity contribution in [2.45, 2.75) is 33.2 Å². The van der Waals surface area contributed by atoms with Gasteiger partial charge in [0.2, 0.25) is 0 Å². The van der Waals surface area contributed by atoms with E-state index < -0.39 is 17.1 Å². The number of thioether (sulfide) groups is 1. The van der Waals surface area contributed by atoms with E-state index in [1.807, 2.05) is 18.2 Å². The minimum atomic E-state index is -0.591. The first-order valence-electron chi connectivity index (χ1n) is 9.12. The lowest BCUT2D eigenvalue weighted by atomic mass is 9.88. The van der Waals surface area contributed by atoms with Crippen LogP contribution in [0.25, 0.3) is 11.6 Å². The fourth-order valence-electron chi connectivity index (χ4n) is 3.39. The first-order valence-corrected chi connectivity index (χ1v) is 9.94. The van der Waals surface area contributed by atoms with E-state index in [-0.39, 0.29) is 18.7 Å². The molecule has 0 saturated carbocycles. The van der Waals surface area contributed by atoms with Crippen LogP contribution in [0.2, 0.25) is 0 Å². The van der Waals surface area contributed by atoms with Gasteiger partial charge in [-0.15, -0.1) is 0 Å². The number of likely N-dealkylation sites (N-methyl/N-ethyl adjacent to an activating group) is 1. The highest BCUT2D eigenvalue weighted by atomic mass is 32.2. The van der Waals surface area contributed by atoms with Gasteiger partial charge in [-0.05, 0) is 68.8 Å². The number of carbonyl (C=O) groups excluding carboxylic acids is 3. The van der Waals surface area contributed by atoms with Gasteiger partial charge in [-0.25, -0.2) is 0 Å². The summed E-state index contributed by atoms with van der Waals surface area (Å²) in [7, 11) is 2.06. The number of carbonyl (C=O) groups is 3. The van der Waals surface area contributed by atoms with Crippen LogP contribution >= 0.6 is 11.8 Å². The molecular weight excluding hydrogens is 376 g/mol. The van der Waals surface area contributed by atoms with Gasteiger partial charge in [-0.3, -0.25) is 19.3 Å². The van der Waals surface area contributed by atoms with Crippen molar-refractivity contribution in [2.75, 3.05) is 25.1 Å². The van der Waals surface area contributed by atoms with Gasteiger partial charge < -0.3 is 9.64 Å². The third-order valence-electron chi connectivity index (χ3n) is 5.00. The molecule has 0 radical (unpaired) electrons. The maximum Gasteiger partial charge on any atom is 0.326 e. The summed E-state index contributed by atoms with van der Waals surface area (Å²) < 4.78 is 4.83. The molecule has 1 saturated heterocycles. The van der Waals surface area contributed by atoms with Crippen LogP contribution in [0.5, 0.6) is 0 Å². The zero-order valence-corrected chi connectivity index (χ0v) is 17.6. The lowest BCUT2D eigenvalue weighted by Gasteiger charge is -2.40. The van der Waals surface area contributed by atoms with Crippen LogP contribution in [0, 0.1) is 0 Å². The van der Waals surface area contributed by atoms with Crippen LogP contribution in [0.3, 0.4) is 0 Å². The monoisotopic (exact) mass is 400 g/mol. The minimum absolute atomic E-state index is 0.0750. The van der Waals surface area contributed by atoms with E-state index in [4.69, 9.17) is 4.74 Å². The molecular formula is C21H24N2O4S. The number of imide groups is 1. The number of anilines is 1. The van der Waals surface area contributed by atoms with Crippen LogP contribution in [0.15, 0.2) is 29.2 Å². The van der Waals surface area contributed by atoms with Crippen LogP contribution < -0.4 is 4.90 Å². The Labute approximate surface area is 169 Å². The number of nitrogens with zero attached hydrogens (tertiary/aromatic N) is 2. The molecule has 0 spiro atoms. The Morgan fingerprint density at radius 2 is 2.00 bits per heavy atom. The summed E-state index contributed by atoms with van der Waals surface area (Å²) in [5.74, 6) is -1.06. The number of fused-ring (bicyclic) bond motifs is 1. The quantitative estimate of drug-likeness (QED) is 0.564. The first-order chi connectivity index (χ1) is 13.1. The Bertz CT molecular complexity index is 917. The Kier molecular flexibility index (Phi) is 5.39. The average molecular weight is 401 g/mol. The first kappa shape index (κ1) is 20.2. The molecule has 0 unspecified atom stereocenters. The standard InChI is InChI=1S/C21H24N2O4S/c1-6-27-18(24)12-23-19(25)17(28-20(23)26)10-14-7-8-16-15(9-14)13(2)11-21(3,4)22(16)5/h7-11H,6,12H2,1-5H3/b17-10+. The van der Waals surface area contributed by atoms with E-state index in [0.29, 0.717) is 4.91 Å². The van der Waals surface area contributed by atoms with E-state index in [9.17, 15) is 14.4 Å². The molecule has 0 atom stereocenters. The Morgan fingerprint density at radius 3 is 2.68 bits per heavy atom. The number of hydrogen-bond acceptors (Lipinski definition) is 6. The molecule has 148 valence electrons. The van der Waals surface area contributed by atoms with E-state index in [1.54, 1.807) is 13.0 Å². The second-order valence-electron chi connectivity index (χ2n) is 7.39. The average Bonchev–Trinajstić information content (AvgIpc) is 2.87. The van der Waals surface area contributed by atoms with Crippen molar-refractivity contribution in [1.82, 2.24) is 4.90 Å². The Hall–Kier alpha value is -2.54. The fraction of sp³-hybridized carbons (Fsp3) is 0.381. The van der Waals surface area contributed by atoms with Crippen molar-refractivity contribution in [3.8, 4) is 0 Å². The third-order valence-corrected chi connectivity index (χ3v) is 5.91. The number of benzene rings is 1. The number of amides is 2. The molecule has 6 nitrogen and oxygen atoms in total. The van der Waals surface area contributed by atoms with E-state index in [2.05, 4.69) is 38.8 Å². The van der Waals surface area contributed by atoms with Gasteiger partial charge in [0, 0.05) is 18.3 Å². The highest BCUT2D eigenvalue weighted by Crippen LogP contribution is 2.39. The summed E-state index contributed by atoms with van der Waals surface area (Å²) >= 11 is 0.841. The summed E-state index contributed by atoms with van der Waals surface area (Å²) in [5, 5.41) is -0.458. The fourth-order valence-corrected chi connectivity index (χ4v) is 4.23. The molecule has 3 rings (SSSR count). The number of allylic oxidation sites excluding steroid dienone is 1. The molecule has 0 N–H and O–H groups in total. The van der Waals surface area contributed by atoms with Gasteiger partial charge in [0.25, 0.3) is 11.1 Å². The van der Waals surface area contributed by atoms with Crippen molar-refractivity contribution in [2.24, 2.45) is 0 Å². The van der Waals surface area contributed by atoms with Gasteiger partial charge in [0.15, 0.2) is 0 Å². The predicted molar refractivity (Wildman–Crippen MR) is 112 cm³/mol. The minimum Gasteiger partial charge on any atom is -0.465 e. The molecule has 28 heavy (non-hydrogen) atoms. The molecule has 0 bridgehead atoms. The SMILES string of the molecule is CCOC(=O)CN1C(=O)S/C(=C/c2ccc3c(c2)C(C)=CC(C)(C)N3C)C1=O. The summed E-state index contributed by atoms with van der Waals surface area (Å²) in [4.78, 5) is 39.7. The molecule has 1 aromatic carbocycles. The number of hydrogen-bond donors (Lipinski definition) is 0. The van der Waals surface area contributed by atoms with Gasteiger partial charge in [-0.2, -0.15) is 0 Å². The molecule has 0 aliphatic carbocycles. The zero-order chi connectivity index (χ0) is 20.6. The molecule has 7 heteroatoms. The van der Waals surface area contributed by atoms with Crippen molar-refractivity contribution in [3.63, 3.8) is 0 Å². The van der Waals surface area contributed by atoms with E-state index >= 15 is 0 Å². The van der Waals surface area contributed by atoms with Crippen LogP contribution in [-0.4, -0.2) is 47.8 Å². The van der Waals surface area contributed by atoms with Gasteiger partial charge >= 0.3 is 5.97 Å². The molecule has 2 aliphatic rings. The Morgan fingerprint density at radius 1 is 1.29 bits per heavy atom. The maximum atomic E-state index is 12.5. The normalized spacial score (nSPS) is 19.8. The largest absolute Gasteiger partial charge is 0.465 e. The molecule has 1 aromatic rings. The second kappa shape index (κ2) is 7.47. The molecule has 2 amide bonds. The smallest absolute Gasteiger partial charge is 0.326 e. The highest BCUT2D eigenvalue weighted by molar-refractivity contribution is 8.18. The van der Waals surface area contributed by atoms with Gasteiger partial charge in [-0.1, -0.05) is 12.1 Å². The Balaban J connectivity index is 1.87. The van der Waals surface area contributed by atoms with Crippen molar-refractivity contribution in [3.05, 3.63) is 40.3 Å². The van der Waals surface area contributed by atoms with Crippen LogP contribution in [0.4, 0.5) is 10.5 Å². The van der Waals surface area contributed by atoms with Crippen LogP contribution in [0.1, 0.15) is 38.8 Å². The molecule has 1 fully saturated rings. The lowest BCUT2D eigenvalue weighted by molar-refractivity contribution is -0.145. The van der Waals surface area contributed by atoms with Crippen molar-refractivity contribution < 1.29 is 19.1 Å². The third kappa shape index (κ3) is 3.71. The van der Waals surface area contributed by atoms with Crippen molar-refractivity contribution >= 4 is 46.2 Å². The summed E-state index contributed by atoms with van der Waals surface area (Å²) in [6.45, 7) is 7.92. The maximum absolute atomic E-state index is 12.5. The topological polar surface area (TPSA) is 66.9 Å². The molecule has 0 aromatic heterocycles. The number of esters is 1. The molecule has 2 heterocycles. The highest BCUT2D eigenvalue weighted by Gasteiger charge is 2.36. The zero-order valence-electron chi connectivity index (χ0n) is 16.7. The molecule has 2 aliphatic heterocycles. The number of rotatable bonds is 4. The predicted octanol–water partition coefficient (Wildman–Crippen LogP) is 3.92. The van der Waals surface area contributed by atoms with Gasteiger partial charge in [0.1, 0.15) is 6.54 Å². The summed E-state index contributed by atoms with van der Waals surface area (Å²) in [6, 6.07) is 5.98. The van der Waals surface area contributed by atoms with Gasteiger partial charge in [0.05, 0.1) is 17.1 Å². The van der Waals surface area contributed by atoms with E-state index in [0.717, 1.165) is 33.5 Å². The van der Waals surface area contributed by atoms with Crippen LogP contribution in [-0.2, 0) is 14.3 Å².